The van der Waals surface area contributed by atoms with E-state index in [-0.39, 0.29) is 11.1 Å². The van der Waals surface area contributed by atoms with E-state index in [1.807, 2.05) is 25.3 Å². The highest BCUT2D eigenvalue weighted by Gasteiger charge is 2.13. The van der Waals surface area contributed by atoms with Crippen LogP contribution in [0.25, 0.3) is 0 Å². The Balaban J connectivity index is 2.33. The highest BCUT2D eigenvalue weighted by Crippen LogP contribution is 2.28. The normalized spacial score (nSPS) is 13.6. The van der Waals surface area contributed by atoms with Gasteiger partial charge in [0, 0.05) is 5.71 Å². The topological polar surface area (TPSA) is 12.4 Å². The minimum absolute atomic E-state index is 0.162. The summed E-state index contributed by atoms with van der Waals surface area (Å²) in [6, 6.07) is 6.74. The minimum atomic E-state index is -0.397. The van der Waals surface area contributed by atoms with Crippen molar-refractivity contribution in [2.45, 2.75) is 26.8 Å². The number of aliphatic imine (C=N–C) groups is 1. The molecule has 1 nitrogen and oxygen atoms in total. The fourth-order valence-electron chi connectivity index (χ4n) is 2.01. The van der Waals surface area contributed by atoms with E-state index in [1.54, 1.807) is 17.4 Å². The zero-order valence-corrected chi connectivity index (χ0v) is 12.6. The van der Waals surface area contributed by atoms with E-state index in [2.05, 4.69) is 18.0 Å². The molecule has 1 aromatic carbocycles. The predicted molar refractivity (Wildman–Crippen MR) is 81.1 cm³/mol. The summed E-state index contributed by atoms with van der Waals surface area (Å²) in [6.07, 6.45) is 0. The lowest BCUT2D eigenvalue weighted by Crippen LogP contribution is -2.00. The summed E-state index contributed by atoms with van der Waals surface area (Å²) in [5.41, 5.74) is 2.89. The van der Waals surface area contributed by atoms with Gasteiger partial charge in [-0.25, -0.2) is 4.39 Å². The van der Waals surface area contributed by atoms with E-state index >= 15 is 0 Å². The third kappa shape index (κ3) is 3.04. The first-order valence-electron chi connectivity index (χ1n) is 6.03. The number of nitrogens with zero attached hydrogens (tertiary/aromatic N) is 1. The van der Waals surface area contributed by atoms with Crippen LogP contribution in [0.5, 0.6) is 0 Å². The lowest BCUT2D eigenvalue weighted by Gasteiger charge is -2.11. The lowest BCUT2D eigenvalue weighted by atomic mass is 10.1. The van der Waals surface area contributed by atoms with E-state index in [9.17, 15) is 4.39 Å². The van der Waals surface area contributed by atoms with Gasteiger partial charge in [0.2, 0.25) is 0 Å². The van der Waals surface area contributed by atoms with Gasteiger partial charge in [0.1, 0.15) is 5.82 Å². The van der Waals surface area contributed by atoms with Crippen LogP contribution < -0.4 is 0 Å². The average molecular weight is 296 g/mol. The molecule has 0 saturated carbocycles. The van der Waals surface area contributed by atoms with Gasteiger partial charge in [-0.05, 0) is 49.4 Å². The third-order valence-electron chi connectivity index (χ3n) is 3.01. The van der Waals surface area contributed by atoms with Crippen LogP contribution in [0, 0.1) is 12.7 Å². The summed E-state index contributed by atoms with van der Waals surface area (Å²) in [5, 5.41) is 2.21. The Labute approximate surface area is 121 Å². The molecule has 1 atom stereocenters. The smallest absolute Gasteiger partial charge is 0.142 e. The highest BCUT2D eigenvalue weighted by molar-refractivity contribution is 7.12. The number of benzene rings is 1. The summed E-state index contributed by atoms with van der Waals surface area (Å²) < 4.78 is 13.4. The molecule has 0 unspecified atom stereocenters. The summed E-state index contributed by atoms with van der Waals surface area (Å²) in [4.78, 5) is 5.79. The van der Waals surface area contributed by atoms with E-state index < -0.39 is 5.82 Å². The van der Waals surface area contributed by atoms with Crippen LogP contribution in [-0.4, -0.2) is 5.71 Å². The maximum absolute atomic E-state index is 13.4. The van der Waals surface area contributed by atoms with Crippen molar-refractivity contribution in [1.29, 1.82) is 0 Å². The summed E-state index contributed by atoms with van der Waals surface area (Å²) in [5.74, 6) is -0.397. The molecule has 0 aliphatic rings. The van der Waals surface area contributed by atoms with E-state index in [4.69, 9.17) is 11.6 Å². The lowest BCUT2D eigenvalue weighted by molar-refractivity contribution is 0.623. The van der Waals surface area contributed by atoms with Crippen molar-refractivity contribution in [3.05, 3.63) is 56.5 Å². The van der Waals surface area contributed by atoms with Crippen molar-refractivity contribution in [3.8, 4) is 0 Å². The Kier molecular flexibility index (Phi) is 4.38. The third-order valence-corrected chi connectivity index (χ3v) is 4.53. The fraction of sp³-hybridized carbons (Fsp3) is 0.267. The van der Waals surface area contributed by atoms with Crippen molar-refractivity contribution in [3.63, 3.8) is 0 Å². The van der Waals surface area contributed by atoms with E-state index in [1.165, 1.54) is 16.5 Å². The Bertz CT molecular complexity index is 618. The molecule has 0 saturated heterocycles. The second-order valence-corrected chi connectivity index (χ2v) is 5.76. The first kappa shape index (κ1) is 14.2. The molecular formula is C15H15ClFNS. The molecule has 1 aromatic heterocycles. The molecule has 0 radical (unpaired) electrons. The molecule has 0 fully saturated rings. The Hall–Kier alpha value is -1.19. The molecular weight excluding hydrogens is 281 g/mol. The summed E-state index contributed by atoms with van der Waals surface area (Å²) >= 11 is 7.65. The van der Waals surface area contributed by atoms with Gasteiger partial charge in [-0.3, -0.25) is 4.99 Å². The van der Waals surface area contributed by atoms with Crippen molar-refractivity contribution >= 4 is 28.6 Å². The number of aryl methyl sites for hydroxylation is 1. The van der Waals surface area contributed by atoms with Gasteiger partial charge >= 0.3 is 0 Å². The molecule has 19 heavy (non-hydrogen) atoms. The molecule has 0 bridgehead atoms. The predicted octanol–water partition coefficient (Wildman–Crippen LogP) is 5.42. The van der Waals surface area contributed by atoms with Crippen molar-refractivity contribution in [2.24, 2.45) is 4.99 Å². The quantitative estimate of drug-likeness (QED) is 0.671. The molecule has 2 aromatic rings. The Morgan fingerprint density at radius 3 is 2.74 bits per heavy atom. The second kappa shape index (κ2) is 5.85. The van der Waals surface area contributed by atoms with Crippen LogP contribution >= 0.6 is 22.9 Å². The Morgan fingerprint density at radius 2 is 2.11 bits per heavy atom. The molecule has 0 amide bonds. The van der Waals surface area contributed by atoms with Crippen LogP contribution in [0.15, 0.2) is 34.6 Å². The minimum Gasteiger partial charge on any atom is -0.281 e. The van der Waals surface area contributed by atoms with Gasteiger partial charge < -0.3 is 0 Å². The number of rotatable bonds is 3. The molecule has 2 rings (SSSR count). The van der Waals surface area contributed by atoms with Crippen molar-refractivity contribution in [2.75, 3.05) is 0 Å². The molecule has 1 heterocycles. The van der Waals surface area contributed by atoms with Gasteiger partial charge in [-0.15, -0.1) is 11.3 Å². The first-order valence-corrected chi connectivity index (χ1v) is 7.29. The molecule has 100 valence electrons. The summed E-state index contributed by atoms with van der Waals surface area (Å²) in [7, 11) is 0. The van der Waals surface area contributed by atoms with Crippen molar-refractivity contribution in [1.82, 2.24) is 0 Å². The zero-order valence-electron chi connectivity index (χ0n) is 11.1. The average Bonchev–Trinajstić information content (AvgIpc) is 2.79. The van der Waals surface area contributed by atoms with Crippen LogP contribution in [0.3, 0.4) is 0 Å². The largest absolute Gasteiger partial charge is 0.281 e. The van der Waals surface area contributed by atoms with Gasteiger partial charge in [0.15, 0.2) is 0 Å². The first-order chi connectivity index (χ1) is 9.00. The van der Waals surface area contributed by atoms with Crippen LogP contribution in [0.2, 0.25) is 5.02 Å². The number of halogens is 2. The Morgan fingerprint density at radius 1 is 1.37 bits per heavy atom. The van der Waals surface area contributed by atoms with E-state index in [0.717, 1.165) is 11.3 Å². The molecule has 0 aliphatic carbocycles. The highest BCUT2D eigenvalue weighted by atomic mass is 35.5. The van der Waals surface area contributed by atoms with Crippen molar-refractivity contribution < 1.29 is 4.39 Å². The maximum Gasteiger partial charge on any atom is 0.142 e. The van der Waals surface area contributed by atoms with Gasteiger partial charge in [0.05, 0.1) is 15.9 Å². The molecule has 0 aliphatic heterocycles. The molecule has 4 heteroatoms. The van der Waals surface area contributed by atoms with Gasteiger partial charge in [-0.2, -0.15) is 0 Å². The zero-order chi connectivity index (χ0) is 14.0. The van der Waals surface area contributed by atoms with E-state index in [0.29, 0.717) is 0 Å². The summed E-state index contributed by atoms with van der Waals surface area (Å²) in [6.45, 7) is 5.96. The monoisotopic (exact) mass is 295 g/mol. The maximum atomic E-state index is 13.4. The van der Waals surface area contributed by atoms with Gasteiger partial charge in [-0.1, -0.05) is 23.7 Å². The van der Waals surface area contributed by atoms with Gasteiger partial charge in [0.25, 0.3) is 0 Å². The second-order valence-electron chi connectivity index (χ2n) is 4.47. The van der Waals surface area contributed by atoms with Crippen LogP contribution in [-0.2, 0) is 0 Å². The van der Waals surface area contributed by atoms with Crippen LogP contribution in [0.4, 0.5) is 4.39 Å². The van der Waals surface area contributed by atoms with Crippen LogP contribution in [0.1, 0.15) is 35.9 Å². The number of hydrogen-bond acceptors (Lipinski definition) is 2. The number of hydrogen-bond donors (Lipinski definition) is 0. The number of thiophene rings is 1. The molecule has 0 spiro atoms. The fourth-order valence-corrected chi connectivity index (χ4v) is 3.17. The standard InChI is InChI=1S/C15H15ClFNS/c1-9-7-8-19-15(9)11(3)18-10(2)12-5-4-6-13(17)14(12)16/h4-8,10H,1-3H3/t10-/m1/s1. The SMILES string of the molecule is CC(=N[C@H](C)c1cccc(F)c1Cl)c1sccc1C. The molecule has 0 N–H and O–H groups in total.